The number of carbonyl (C=O) groups is 1. The van der Waals surface area contributed by atoms with E-state index in [1.165, 1.54) is 0 Å². The molecule has 0 amide bonds. The van der Waals surface area contributed by atoms with Crippen LogP contribution in [-0.4, -0.2) is 61.0 Å². The van der Waals surface area contributed by atoms with Gasteiger partial charge in [-0.25, -0.2) is 0 Å². The third-order valence-electron chi connectivity index (χ3n) is 2.66. The lowest BCUT2D eigenvalue weighted by molar-refractivity contribution is -0.139. The predicted octanol–water partition coefficient (Wildman–Crippen LogP) is 0.587. The maximum Gasteiger partial charge on any atom is 0.305 e. The van der Waals surface area contributed by atoms with E-state index in [1.54, 1.807) is 0 Å². The quantitative estimate of drug-likeness (QED) is 0.678. The molecule has 1 saturated heterocycles. The molecule has 0 aromatic heterocycles. The van der Waals surface area contributed by atoms with E-state index in [1.807, 2.05) is 0 Å². The molecule has 5 heteroatoms. The minimum Gasteiger partial charge on any atom is -0.481 e. The number of hydrogen-bond acceptors (Lipinski definition) is 4. The van der Waals surface area contributed by atoms with Gasteiger partial charge in [-0.2, -0.15) is 0 Å². The van der Waals surface area contributed by atoms with Crippen molar-refractivity contribution < 1.29 is 19.4 Å². The van der Waals surface area contributed by atoms with Crippen LogP contribution in [0.5, 0.6) is 0 Å². The molecule has 1 fully saturated rings. The molecule has 94 valence electrons. The number of nitrogens with zero attached hydrogens (tertiary/aromatic N) is 1. The van der Waals surface area contributed by atoms with Gasteiger partial charge in [0.25, 0.3) is 0 Å². The lowest BCUT2D eigenvalue weighted by atomic mass is 10.2. The first kappa shape index (κ1) is 13.4. The van der Waals surface area contributed by atoms with Crippen LogP contribution in [0.3, 0.4) is 0 Å². The Morgan fingerprint density at radius 3 is 3.00 bits per heavy atom. The molecule has 1 heterocycles. The van der Waals surface area contributed by atoms with Crippen molar-refractivity contribution in [2.24, 2.45) is 0 Å². The Morgan fingerprint density at radius 2 is 2.38 bits per heavy atom. The number of aliphatic carboxylic acids is 1. The Hall–Kier alpha value is -0.650. The number of morpholine rings is 1. The zero-order valence-corrected chi connectivity index (χ0v) is 10.0. The lowest BCUT2D eigenvalue weighted by Crippen LogP contribution is -2.47. The smallest absolute Gasteiger partial charge is 0.305 e. The van der Waals surface area contributed by atoms with Crippen LogP contribution >= 0.6 is 0 Å². The summed E-state index contributed by atoms with van der Waals surface area (Å²) in [5, 5.41) is 8.45. The topological polar surface area (TPSA) is 59.0 Å². The molecule has 0 aromatic rings. The third-order valence-corrected chi connectivity index (χ3v) is 2.66. The van der Waals surface area contributed by atoms with Gasteiger partial charge in [-0.3, -0.25) is 9.69 Å². The van der Waals surface area contributed by atoms with Crippen molar-refractivity contribution in [1.29, 1.82) is 0 Å². The van der Waals surface area contributed by atoms with Gasteiger partial charge in [0.1, 0.15) is 0 Å². The zero-order chi connectivity index (χ0) is 12.0. The molecular weight excluding hydrogens is 210 g/mol. The molecule has 0 spiro atoms. The van der Waals surface area contributed by atoms with E-state index in [-0.39, 0.29) is 19.1 Å². The van der Waals surface area contributed by atoms with Crippen LogP contribution in [-0.2, 0) is 14.3 Å². The summed E-state index contributed by atoms with van der Waals surface area (Å²) in [6, 6.07) is 0.519. The van der Waals surface area contributed by atoms with Gasteiger partial charge in [-0.15, -0.1) is 0 Å². The molecule has 0 radical (unpaired) electrons. The lowest BCUT2D eigenvalue weighted by Gasteiger charge is -2.35. The maximum atomic E-state index is 10.3. The molecule has 1 aliphatic rings. The molecule has 1 atom stereocenters. The fraction of sp³-hybridized carbons (Fsp3) is 0.909. The van der Waals surface area contributed by atoms with Gasteiger partial charge in [0.2, 0.25) is 0 Å². The second-order valence-corrected chi connectivity index (χ2v) is 4.30. The van der Waals surface area contributed by atoms with E-state index in [2.05, 4.69) is 18.7 Å². The number of hydrogen-bond donors (Lipinski definition) is 1. The van der Waals surface area contributed by atoms with Crippen molar-refractivity contribution in [1.82, 2.24) is 4.90 Å². The second-order valence-electron chi connectivity index (χ2n) is 4.30. The van der Waals surface area contributed by atoms with E-state index >= 15 is 0 Å². The number of carboxylic acids is 1. The standard InChI is InChI=1S/C11H21NO4/c1-9(2)12-4-6-16-10(7-12)8-15-5-3-11(13)14/h9-10H,3-8H2,1-2H3,(H,13,14). The van der Waals surface area contributed by atoms with Gasteiger partial charge in [-0.05, 0) is 13.8 Å². The molecule has 0 aliphatic carbocycles. The van der Waals surface area contributed by atoms with Gasteiger partial charge < -0.3 is 14.6 Å². The third kappa shape index (κ3) is 4.92. The van der Waals surface area contributed by atoms with Crippen LogP contribution in [0.15, 0.2) is 0 Å². The molecule has 0 saturated carbocycles. The minimum absolute atomic E-state index is 0.0562. The number of rotatable bonds is 6. The predicted molar refractivity (Wildman–Crippen MR) is 59.5 cm³/mol. The molecule has 0 bridgehead atoms. The van der Waals surface area contributed by atoms with Crippen molar-refractivity contribution >= 4 is 5.97 Å². The Morgan fingerprint density at radius 1 is 1.62 bits per heavy atom. The highest BCUT2D eigenvalue weighted by molar-refractivity contribution is 5.66. The highest BCUT2D eigenvalue weighted by atomic mass is 16.5. The van der Waals surface area contributed by atoms with Crippen LogP contribution in [0.2, 0.25) is 0 Å². The van der Waals surface area contributed by atoms with Crippen LogP contribution < -0.4 is 0 Å². The highest BCUT2D eigenvalue weighted by Crippen LogP contribution is 2.09. The van der Waals surface area contributed by atoms with E-state index in [0.717, 1.165) is 19.7 Å². The normalized spacial score (nSPS) is 22.6. The van der Waals surface area contributed by atoms with E-state index in [9.17, 15) is 4.79 Å². The molecule has 1 aliphatic heterocycles. The number of carboxylic acid groups (broad SMARTS) is 1. The first-order chi connectivity index (χ1) is 7.59. The summed E-state index contributed by atoms with van der Waals surface area (Å²) in [5.74, 6) is -0.826. The average molecular weight is 231 g/mol. The van der Waals surface area contributed by atoms with Crippen LogP contribution in [0.4, 0.5) is 0 Å². The van der Waals surface area contributed by atoms with Crippen LogP contribution in [0.25, 0.3) is 0 Å². The van der Waals surface area contributed by atoms with E-state index < -0.39 is 5.97 Å². The first-order valence-electron chi connectivity index (χ1n) is 5.74. The Labute approximate surface area is 96.3 Å². The molecule has 1 unspecified atom stereocenters. The van der Waals surface area contributed by atoms with Crippen molar-refractivity contribution in [3.05, 3.63) is 0 Å². The number of ether oxygens (including phenoxy) is 2. The summed E-state index contributed by atoms with van der Waals surface area (Å²) in [6.07, 6.45) is 0.130. The highest BCUT2D eigenvalue weighted by Gasteiger charge is 2.22. The SMILES string of the molecule is CC(C)N1CCOC(COCCC(=O)O)C1. The Balaban J connectivity index is 2.14. The van der Waals surface area contributed by atoms with Crippen molar-refractivity contribution in [2.75, 3.05) is 32.9 Å². The van der Waals surface area contributed by atoms with Crippen molar-refractivity contribution in [3.63, 3.8) is 0 Å². The second kappa shape index (κ2) is 6.83. The molecule has 1 N–H and O–H groups in total. The van der Waals surface area contributed by atoms with Crippen molar-refractivity contribution in [2.45, 2.75) is 32.4 Å². The average Bonchev–Trinajstić information content (AvgIpc) is 2.24. The monoisotopic (exact) mass is 231 g/mol. The fourth-order valence-corrected chi connectivity index (χ4v) is 1.69. The van der Waals surface area contributed by atoms with Gasteiger partial charge in [0, 0.05) is 19.1 Å². The summed E-state index contributed by atoms with van der Waals surface area (Å²) in [5.41, 5.74) is 0. The molecule has 1 rings (SSSR count). The van der Waals surface area contributed by atoms with Gasteiger partial charge in [-0.1, -0.05) is 0 Å². The molecule has 5 nitrogen and oxygen atoms in total. The van der Waals surface area contributed by atoms with E-state index in [0.29, 0.717) is 12.6 Å². The Bertz CT molecular complexity index is 220. The largest absolute Gasteiger partial charge is 0.481 e. The van der Waals surface area contributed by atoms with Crippen molar-refractivity contribution in [3.8, 4) is 0 Å². The van der Waals surface area contributed by atoms with Gasteiger partial charge >= 0.3 is 5.97 Å². The fourth-order valence-electron chi connectivity index (χ4n) is 1.69. The summed E-state index contributed by atoms with van der Waals surface area (Å²) in [7, 11) is 0. The van der Waals surface area contributed by atoms with E-state index in [4.69, 9.17) is 14.6 Å². The van der Waals surface area contributed by atoms with Gasteiger partial charge in [0.15, 0.2) is 0 Å². The van der Waals surface area contributed by atoms with Gasteiger partial charge in [0.05, 0.1) is 32.3 Å². The summed E-state index contributed by atoms with van der Waals surface area (Å²) < 4.78 is 10.8. The molecule has 0 aromatic carbocycles. The van der Waals surface area contributed by atoms with Crippen LogP contribution in [0.1, 0.15) is 20.3 Å². The zero-order valence-electron chi connectivity index (χ0n) is 10.0. The maximum absolute atomic E-state index is 10.3. The van der Waals surface area contributed by atoms with Crippen LogP contribution in [0, 0.1) is 0 Å². The first-order valence-corrected chi connectivity index (χ1v) is 5.74. The minimum atomic E-state index is -0.826. The summed E-state index contributed by atoms with van der Waals surface area (Å²) >= 11 is 0. The molecule has 16 heavy (non-hydrogen) atoms. The summed E-state index contributed by atoms with van der Waals surface area (Å²) in [6.45, 7) is 7.62. The summed E-state index contributed by atoms with van der Waals surface area (Å²) in [4.78, 5) is 12.6. The Kier molecular flexibility index (Phi) is 5.73. The molecular formula is C11H21NO4.